The van der Waals surface area contributed by atoms with Gasteiger partial charge in [-0.1, -0.05) is 11.6 Å². The summed E-state index contributed by atoms with van der Waals surface area (Å²) < 4.78 is 25.1. The number of hydrogen-bond acceptors (Lipinski definition) is 4. The first-order valence-corrected chi connectivity index (χ1v) is 8.84. The van der Waals surface area contributed by atoms with E-state index in [2.05, 4.69) is 0 Å². The molecule has 0 aliphatic carbocycles. The van der Waals surface area contributed by atoms with E-state index in [1.165, 1.54) is 25.1 Å². The van der Waals surface area contributed by atoms with Gasteiger partial charge in [0, 0.05) is 13.1 Å². The average Bonchev–Trinajstić information content (AvgIpc) is 2.49. The van der Waals surface area contributed by atoms with Gasteiger partial charge in [0.15, 0.2) is 9.84 Å². The summed E-state index contributed by atoms with van der Waals surface area (Å²) in [6.07, 6.45) is 2.93. The maximum absolute atomic E-state index is 12.5. The number of carbonyl (C=O) groups is 1. The summed E-state index contributed by atoms with van der Waals surface area (Å²) in [5, 5.41) is -0.941. The molecule has 1 aliphatic heterocycles. The second-order valence-electron chi connectivity index (χ2n) is 5.26. The van der Waals surface area contributed by atoms with E-state index in [1.807, 2.05) is 0 Å². The number of carbonyl (C=O) groups excluding carboxylic acids is 1. The molecule has 1 saturated heterocycles. The predicted molar refractivity (Wildman–Crippen MR) is 82.9 cm³/mol. The molecular weight excluding hydrogens is 312 g/mol. The smallest absolute Gasteiger partial charge is 0.241 e. The highest BCUT2D eigenvalue weighted by molar-refractivity contribution is 7.92. The molecule has 1 aromatic rings. The van der Waals surface area contributed by atoms with Crippen LogP contribution in [0.4, 0.5) is 5.69 Å². The van der Waals surface area contributed by atoms with Gasteiger partial charge in [0.2, 0.25) is 5.91 Å². The van der Waals surface area contributed by atoms with Crippen LogP contribution in [0.15, 0.2) is 23.1 Å². The molecule has 1 unspecified atom stereocenters. The van der Waals surface area contributed by atoms with Crippen LogP contribution in [0.2, 0.25) is 5.02 Å². The van der Waals surface area contributed by atoms with Crippen LogP contribution in [0.3, 0.4) is 0 Å². The molecule has 0 radical (unpaired) electrons. The van der Waals surface area contributed by atoms with E-state index in [4.69, 9.17) is 17.3 Å². The molecule has 0 aromatic heterocycles. The maximum Gasteiger partial charge on any atom is 0.241 e. The Kier molecular flexibility index (Phi) is 4.78. The summed E-state index contributed by atoms with van der Waals surface area (Å²) in [7, 11) is -3.76. The van der Waals surface area contributed by atoms with E-state index < -0.39 is 15.1 Å². The van der Waals surface area contributed by atoms with Gasteiger partial charge in [0.25, 0.3) is 0 Å². The Labute approximate surface area is 130 Å². The minimum atomic E-state index is -3.76. The van der Waals surface area contributed by atoms with Crippen LogP contribution in [0, 0.1) is 0 Å². The molecule has 1 atom stereocenters. The number of sulfone groups is 1. The minimum Gasteiger partial charge on any atom is -0.398 e. The quantitative estimate of drug-likeness (QED) is 0.860. The van der Waals surface area contributed by atoms with Crippen molar-refractivity contribution in [2.45, 2.75) is 36.3 Å². The minimum absolute atomic E-state index is 0.0274. The fraction of sp³-hybridized carbons (Fsp3) is 0.500. The molecule has 1 aromatic carbocycles. The molecule has 116 valence electrons. The monoisotopic (exact) mass is 330 g/mol. The van der Waals surface area contributed by atoms with E-state index >= 15 is 0 Å². The van der Waals surface area contributed by atoms with Crippen molar-refractivity contribution in [2.75, 3.05) is 18.8 Å². The topological polar surface area (TPSA) is 80.5 Å². The number of likely N-dealkylation sites (tertiary alicyclic amines) is 1. The number of anilines is 1. The van der Waals surface area contributed by atoms with E-state index in [1.54, 1.807) is 4.90 Å². The molecule has 0 saturated carbocycles. The molecule has 2 N–H and O–H groups in total. The summed E-state index contributed by atoms with van der Waals surface area (Å²) >= 11 is 5.87. The Bertz CT molecular complexity index is 640. The van der Waals surface area contributed by atoms with Crippen LogP contribution in [-0.4, -0.2) is 37.6 Å². The number of benzene rings is 1. The van der Waals surface area contributed by atoms with Gasteiger partial charge in [-0.3, -0.25) is 4.79 Å². The van der Waals surface area contributed by atoms with Gasteiger partial charge in [-0.2, -0.15) is 0 Å². The van der Waals surface area contributed by atoms with E-state index in [0.29, 0.717) is 18.8 Å². The lowest BCUT2D eigenvalue weighted by Gasteiger charge is -2.29. The van der Waals surface area contributed by atoms with Crippen molar-refractivity contribution < 1.29 is 13.2 Å². The van der Waals surface area contributed by atoms with Crippen molar-refractivity contribution in [3.63, 3.8) is 0 Å². The third-order valence-corrected chi connectivity index (χ3v) is 6.15. The molecule has 7 heteroatoms. The number of rotatable bonds is 3. The number of piperidine rings is 1. The van der Waals surface area contributed by atoms with Crippen LogP contribution in [-0.2, 0) is 14.6 Å². The van der Waals surface area contributed by atoms with Gasteiger partial charge < -0.3 is 10.6 Å². The molecule has 0 bridgehead atoms. The molecule has 1 aliphatic rings. The predicted octanol–water partition coefficient (Wildman–Crippen LogP) is 2.10. The lowest BCUT2D eigenvalue weighted by molar-refractivity contribution is -0.131. The summed E-state index contributed by atoms with van der Waals surface area (Å²) in [5.41, 5.74) is 5.89. The van der Waals surface area contributed by atoms with E-state index in [9.17, 15) is 13.2 Å². The van der Waals surface area contributed by atoms with Crippen molar-refractivity contribution >= 4 is 33.0 Å². The molecule has 5 nitrogen and oxygen atoms in total. The van der Waals surface area contributed by atoms with Gasteiger partial charge in [-0.15, -0.1) is 0 Å². The maximum atomic E-state index is 12.5. The first-order valence-electron chi connectivity index (χ1n) is 6.92. The zero-order valence-corrected chi connectivity index (χ0v) is 13.5. The molecule has 21 heavy (non-hydrogen) atoms. The second-order valence-corrected chi connectivity index (χ2v) is 7.93. The fourth-order valence-electron chi connectivity index (χ4n) is 2.39. The number of nitrogens with two attached hydrogens (primary N) is 1. The molecular formula is C14H19ClN2O3S. The number of nitrogen functional groups attached to an aromatic ring is 1. The first kappa shape index (κ1) is 16.1. The Hall–Kier alpha value is -1.27. The second kappa shape index (κ2) is 6.23. The van der Waals surface area contributed by atoms with Gasteiger partial charge in [0.1, 0.15) is 5.25 Å². The van der Waals surface area contributed by atoms with E-state index in [0.717, 1.165) is 19.3 Å². The highest BCUT2D eigenvalue weighted by Gasteiger charge is 2.33. The Morgan fingerprint density at radius 1 is 1.29 bits per heavy atom. The summed E-state index contributed by atoms with van der Waals surface area (Å²) in [6.45, 7) is 2.68. The van der Waals surface area contributed by atoms with Gasteiger partial charge in [-0.05, 0) is 44.4 Å². The SMILES string of the molecule is CC(C(=O)N1CCCCC1)S(=O)(=O)c1ccc(N)c(Cl)c1. The fourth-order valence-corrected chi connectivity index (χ4v) is 4.00. The summed E-state index contributed by atoms with van der Waals surface area (Å²) in [5.74, 6) is -0.345. The van der Waals surface area contributed by atoms with Crippen molar-refractivity contribution in [2.24, 2.45) is 0 Å². The van der Waals surface area contributed by atoms with Crippen molar-refractivity contribution in [3.05, 3.63) is 23.2 Å². The number of halogens is 1. The Morgan fingerprint density at radius 3 is 2.48 bits per heavy atom. The van der Waals surface area contributed by atoms with Crippen LogP contribution in [0.1, 0.15) is 26.2 Å². The van der Waals surface area contributed by atoms with Gasteiger partial charge in [0.05, 0.1) is 15.6 Å². The molecule has 1 heterocycles. The normalized spacial score (nSPS) is 17.5. The number of nitrogens with zero attached hydrogens (tertiary/aromatic N) is 1. The van der Waals surface area contributed by atoms with Gasteiger partial charge >= 0.3 is 0 Å². The third kappa shape index (κ3) is 3.32. The standard InChI is InChI=1S/C14H19ClN2O3S/c1-10(14(18)17-7-3-2-4-8-17)21(19,20)11-5-6-13(16)12(15)9-11/h5-6,9-10H,2-4,7-8,16H2,1H3. The van der Waals surface area contributed by atoms with Crippen molar-refractivity contribution in [1.29, 1.82) is 0 Å². The lowest BCUT2D eigenvalue weighted by Crippen LogP contribution is -2.44. The average molecular weight is 331 g/mol. The summed E-state index contributed by atoms with van der Waals surface area (Å²) in [4.78, 5) is 14.0. The summed E-state index contributed by atoms with van der Waals surface area (Å²) in [6, 6.07) is 4.12. The molecule has 1 amide bonds. The molecule has 1 fully saturated rings. The first-order chi connectivity index (χ1) is 9.84. The largest absolute Gasteiger partial charge is 0.398 e. The molecule has 0 spiro atoms. The third-order valence-electron chi connectivity index (χ3n) is 3.78. The number of amides is 1. The van der Waals surface area contributed by atoms with Crippen molar-refractivity contribution in [1.82, 2.24) is 4.90 Å². The molecule has 2 rings (SSSR count). The van der Waals surface area contributed by atoms with Crippen LogP contribution in [0.25, 0.3) is 0 Å². The van der Waals surface area contributed by atoms with Crippen LogP contribution in [0.5, 0.6) is 0 Å². The Balaban J connectivity index is 2.25. The van der Waals surface area contributed by atoms with Crippen LogP contribution >= 0.6 is 11.6 Å². The zero-order chi connectivity index (χ0) is 15.6. The van der Waals surface area contributed by atoms with Crippen LogP contribution < -0.4 is 5.73 Å². The zero-order valence-electron chi connectivity index (χ0n) is 11.9. The highest BCUT2D eigenvalue weighted by atomic mass is 35.5. The van der Waals surface area contributed by atoms with E-state index in [-0.39, 0.29) is 15.8 Å². The Morgan fingerprint density at radius 2 is 1.90 bits per heavy atom. The number of hydrogen-bond donors (Lipinski definition) is 1. The van der Waals surface area contributed by atoms with Gasteiger partial charge in [-0.25, -0.2) is 8.42 Å². The highest BCUT2D eigenvalue weighted by Crippen LogP contribution is 2.26. The van der Waals surface area contributed by atoms with Crippen molar-refractivity contribution in [3.8, 4) is 0 Å². The lowest BCUT2D eigenvalue weighted by atomic mass is 10.1.